The van der Waals surface area contributed by atoms with Gasteiger partial charge in [-0.15, -0.1) is 11.3 Å². The summed E-state index contributed by atoms with van der Waals surface area (Å²) in [6, 6.07) is 4.14. The lowest BCUT2D eigenvalue weighted by Gasteiger charge is -2.04. The predicted octanol–water partition coefficient (Wildman–Crippen LogP) is 0.628. The van der Waals surface area contributed by atoms with Gasteiger partial charge in [-0.1, -0.05) is 6.07 Å². The van der Waals surface area contributed by atoms with Gasteiger partial charge >= 0.3 is 0 Å². The fourth-order valence-electron chi connectivity index (χ4n) is 0.805. The molecule has 12 heavy (non-hydrogen) atoms. The maximum absolute atomic E-state index is 5.08. The minimum absolute atomic E-state index is 0.492. The molecule has 0 saturated carbocycles. The molecule has 3 nitrogen and oxygen atoms in total. The van der Waals surface area contributed by atoms with Crippen LogP contribution in [0.2, 0.25) is 0 Å². The molecule has 0 aliphatic heterocycles. The topological polar surface area (TPSA) is 50.1 Å². The van der Waals surface area contributed by atoms with Crippen LogP contribution < -0.4 is 16.6 Å². The molecule has 1 rings (SSSR count). The summed E-state index contributed by atoms with van der Waals surface area (Å²) < 4.78 is 0. The van der Waals surface area contributed by atoms with Crippen molar-refractivity contribution in [3.05, 3.63) is 22.4 Å². The Labute approximate surface area is 80.9 Å². The van der Waals surface area contributed by atoms with Crippen molar-refractivity contribution in [3.8, 4) is 0 Å². The van der Waals surface area contributed by atoms with Gasteiger partial charge in [-0.25, -0.2) is 5.84 Å². The molecule has 0 aliphatic carbocycles. The molecule has 5 heteroatoms. The van der Waals surface area contributed by atoms with Crippen LogP contribution in [0.3, 0.4) is 0 Å². The van der Waals surface area contributed by atoms with Crippen molar-refractivity contribution < 1.29 is 0 Å². The molecule has 0 saturated heterocycles. The Bertz CT molecular complexity index is 233. The first-order chi connectivity index (χ1) is 5.83. The maximum Gasteiger partial charge on any atom is 0.180 e. The Morgan fingerprint density at radius 1 is 1.67 bits per heavy atom. The van der Waals surface area contributed by atoms with Crippen LogP contribution in [-0.4, -0.2) is 11.7 Å². The van der Waals surface area contributed by atoms with Crippen molar-refractivity contribution in [3.63, 3.8) is 0 Å². The van der Waals surface area contributed by atoms with Crippen molar-refractivity contribution in [2.45, 2.75) is 6.42 Å². The van der Waals surface area contributed by atoms with E-state index in [1.807, 2.05) is 6.07 Å². The molecular formula is C7H11N3S2. The summed E-state index contributed by atoms with van der Waals surface area (Å²) in [6.45, 7) is 0.823. The van der Waals surface area contributed by atoms with Crippen LogP contribution in [0.4, 0.5) is 0 Å². The quantitative estimate of drug-likeness (QED) is 0.381. The minimum Gasteiger partial charge on any atom is -0.361 e. The zero-order chi connectivity index (χ0) is 8.81. The van der Waals surface area contributed by atoms with Crippen molar-refractivity contribution in [1.29, 1.82) is 0 Å². The number of nitrogens with one attached hydrogen (secondary N) is 2. The van der Waals surface area contributed by atoms with Crippen LogP contribution >= 0.6 is 23.6 Å². The standard InChI is InChI=1S/C7H11N3S2/c8-10-7(11)9-4-3-6-2-1-5-12-6/h1-2,5H,3-4,8H2,(H2,9,10,11). The lowest BCUT2D eigenvalue weighted by atomic mass is 10.3. The van der Waals surface area contributed by atoms with Crippen molar-refractivity contribution in [2.75, 3.05) is 6.54 Å². The first kappa shape index (κ1) is 9.44. The third-order valence-corrected chi connectivity index (χ3v) is 2.57. The Morgan fingerprint density at radius 3 is 3.08 bits per heavy atom. The summed E-state index contributed by atoms with van der Waals surface area (Å²) in [4.78, 5) is 1.35. The lowest BCUT2D eigenvalue weighted by molar-refractivity contribution is 0.844. The van der Waals surface area contributed by atoms with Gasteiger partial charge in [0.05, 0.1) is 0 Å². The molecule has 0 unspecified atom stereocenters. The van der Waals surface area contributed by atoms with Crippen LogP contribution in [0.1, 0.15) is 4.88 Å². The van der Waals surface area contributed by atoms with Gasteiger partial charge in [0.15, 0.2) is 5.11 Å². The van der Waals surface area contributed by atoms with E-state index in [2.05, 4.69) is 22.2 Å². The zero-order valence-electron chi connectivity index (χ0n) is 6.54. The molecule has 1 aromatic rings. The number of thiophene rings is 1. The second kappa shape index (κ2) is 5.08. The summed E-state index contributed by atoms with van der Waals surface area (Å²) in [6.07, 6.45) is 0.986. The highest BCUT2D eigenvalue weighted by Crippen LogP contribution is 2.07. The summed E-state index contributed by atoms with van der Waals surface area (Å²) in [7, 11) is 0. The van der Waals surface area contributed by atoms with Gasteiger partial charge in [0.25, 0.3) is 0 Å². The number of thiocarbonyl (C=S) groups is 1. The summed E-state index contributed by atoms with van der Waals surface area (Å²) >= 11 is 6.55. The third-order valence-electron chi connectivity index (χ3n) is 1.37. The van der Waals surface area contributed by atoms with Gasteiger partial charge in [0.1, 0.15) is 0 Å². The summed E-state index contributed by atoms with van der Waals surface area (Å²) in [5.74, 6) is 5.08. The van der Waals surface area contributed by atoms with Crippen molar-refractivity contribution in [2.24, 2.45) is 5.84 Å². The Balaban J connectivity index is 2.15. The van der Waals surface area contributed by atoms with E-state index in [9.17, 15) is 0 Å². The van der Waals surface area contributed by atoms with E-state index in [0.717, 1.165) is 13.0 Å². The van der Waals surface area contributed by atoms with Crippen LogP contribution in [0, 0.1) is 0 Å². The molecule has 66 valence electrons. The molecule has 0 atom stereocenters. The van der Waals surface area contributed by atoms with E-state index in [1.165, 1.54) is 4.88 Å². The Kier molecular flexibility index (Phi) is 3.99. The predicted molar refractivity (Wildman–Crippen MR) is 55.9 cm³/mol. The molecule has 0 bridgehead atoms. The number of rotatable bonds is 3. The van der Waals surface area contributed by atoms with E-state index in [4.69, 9.17) is 18.1 Å². The lowest BCUT2D eigenvalue weighted by Crippen LogP contribution is -2.40. The minimum atomic E-state index is 0.492. The van der Waals surface area contributed by atoms with E-state index in [1.54, 1.807) is 11.3 Å². The molecule has 0 aliphatic rings. The number of hydrogen-bond acceptors (Lipinski definition) is 3. The van der Waals surface area contributed by atoms with Gasteiger partial charge in [-0.2, -0.15) is 0 Å². The molecule has 1 heterocycles. The van der Waals surface area contributed by atoms with Gasteiger partial charge in [0, 0.05) is 11.4 Å². The van der Waals surface area contributed by atoms with Gasteiger partial charge in [-0.3, -0.25) is 0 Å². The molecule has 0 radical (unpaired) electrons. The normalized spacial score (nSPS) is 9.42. The highest BCUT2D eigenvalue weighted by molar-refractivity contribution is 7.80. The summed E-state index contributed by atoms with van der Waals surface area (Å²) in [5.41, 5.74) is 2.37. The highest BCUT2D eigenvalue weighted by atomic mass is 32.1. The average molecular weight is 201 g/mol. The Morgan fingerprint density at radius 2 is 2.50 bits per heavy atom. The number of hydrogen-bond donors (Lipinski definition) is 3. The monoisotopic (exact) mass is 201 g/mol. The number of hydrazine groups is 1. The van der Waals surface area contributed by atoms with Crippen LogP contribution in [0.5, 0.6) is 0 Å². The average Bonchev–Trinajstić information content (AvgIpc) is 2.57. The molecule has 1 aromatic heterocycles. The van der Waals surface area contributed by atoms with Gasteiger partial charge < -0.3 is 10.7 Å². The van der Waals surface area contributed by atoms with Gasteiger partial charge in [-0.05, 0) is 30.1 Å². The van der Waals surface area contributed by atoms with E-state index < -0.39 is 0 Å². The van der Waals surface area contributed by atoms with Crippen LogP contribution in [0.25, 0.3) is 0 Å². The second-order valence-electron chi connectivity index (χ2n) is 2.23. The molecule has 0 spiro atoms. The highest BCUT2D eigenvalue weighted by Gasteiger charge is 1.93. The molecule has 0 fully saturated rings. The SMILES string of the molecule is NNC(=S)NCCc1cccs1. The fraction of sp³-hybridized carbons (Fsp3) is 0.286. The molecular weight excluding hydrogens is 190 g/mol. The maximum atomic E-state index is 5.08. The molecule has 0 amide bonds. The van der Waals surface area contributed by atoms with Crippen molar-refractivity contribution >= 4 is 28.7 Å². The van der Waals surface area contributed by atoms with Crippen LogP contribution in [0.15, 0.2) is 17.5 Å². The summed E-state index contributed by atoms with van der Waals surface area (Å²) in [5, 5.41) is 5.53. The fourth-order valence-corrected chi connectivity index (χ4v) is 1.62. The Hall–Kier alpha value is -0.650. The van der Waals surface area contributed by atoms with E-state index in [-0.39, 0.29) is 0 Å². The van der Waals surface area contributed by atoms with Gasteiger partial charge in [0.2, 0.25) is 0 Å². The first-order valence-electron chi connectivity index (χ1n) is 3.60. The van der Waals surface area contributed by atoms with Crippen molar-refractivity contribution in [1.82, 2.24) is 10.7 Å². The van der Waals surface area contributed by atoms with Crippen LogP contribution in [-0.2, 0) is 6.42 Å². The zero-order valence-corrected chi connectivity index (χ0v) is 8.17. The van der Waals surface area contributed by atoms with E-state index >= 15 is 0 Å². The first-order valence-corrected chi connectivity index (χ1v) is 4.88. The third kappa shape index (κ3) is 3.17. The largest absolute Gasteiger partial charge is 0.361 e. The van der Waals surface area contributed by atoms with E-state index in [0.29, 0.717) is 5.11 Å². The molecule has 0 aromatic carbocycles. The smallest absolute Gasteiger partial charge is 0.180 e. The molecule has 4 N–H and O–H groups in total. The second-order valence-corrected chi connectivity index (χ2v) is 3.67. The number of nitrogens with two attached hydrogens (primary N) is 1.